The Hall–Kier alpha value is -1.88. The van der Waals surface area contributed by atoms with Gasteiger partial charge in [-0.1, -0.05) is 13.8 Å². The van der Waals surface area contributed by atoms with E-state index < -0.39 is 0 Å². The van der Waals surface area contributed by atoms with E-state index in [9.17, 15) is 9.59 Å². The van der Waals surface area contributed by atoms with Crippen LogP contribution in [0.25, 0.3) is 0 Å². The standard InChI is InChI=1S/C22H31NO4.C2H6/c1-5-27-22(25)11-18-14(2)15(3)20-13-23(12-17-6-8-26-9-7-17)21(24)10-19(20)16(18)4;1-2/h17H,5-13H2,1-4H3;1-2H3. The summed E-state index contributed by atoms with van der Waals surface area (Å²) in [6, 6.07) is 0. The number of fused-ring (bicyclic) bond motifs is 1. The van der Waals surface area contributed by atoms with Crippen molar-refractivity contribution in [2.75, 3.05) is 26.4 Å². The molecule has 0 spiro atoms. The third kappa shape index (κ3) is 5.39. The Morgan fingerprint density at radius 2 is 1.72 bits per heavy atom. The third-order valence-corrected chi connectivity index (χ3v) is 6.21. The fraction of sp³-hybridized carbons (Fsp3) is 0.667. The molecule has 0 aromatic heterocycles. The highest BCUT2D eigenvalue weighted by molar-refractivity contribution is 5.83. The van der Waals surface area contributed by atoms with Crippen molar-refractivity contribution in [2.24, 2.45) is 5.92 Å². The van der Waals surface area contributed by atoms with E-state index in [0.717, 1.165) is 54.9 Å². The first kappa shape index (κ1) is 23.4. The minimum atomic E-state index is -0.202. The molecule has 0 atom stereocenters. The van der Waals surface area contributed by atoms with Gasteiger partial charge in [0.1, 0.15) is 0 Å². The molecular formula is C24H37NO4. The average molecular weight is 404 g/mol. The number of hydrogen-bond acceptors (Lipinski definition) is 4. The molecule has 1 saturated heterocycles. The van der Waals surface area contributed by atoms with E-state index >= 15 is 0 Å². The third-order valence-electron chi connectivity index (χ3n) is 6.21. The molecule has 0 saturated carbocycles. The van der Waals surface area contributed by atoms with E-state index in [1.807, 2.05) is 32.6 Å². The second-order valence-electron chi connectivity index (χ2n) is 7.80. The summed E-state index contributed by atoms with van der Waals surface area (Å²) in [5.74, 6) is 0.531. The molecule has 0 radical (unpaired) electrons. The molecular weight excluding hydrogens is 366 g/mol. The van der Waals surface area contributed by atoms with Crippen molar-refractivity contribution in [3.8, 4) is 0 Å². The topological polar surface area (TPSA) is 55.8 Å². The summed E-state index contributed by atoms with van der Waals surface area (Å²) in [7, 11) is 0. The number of hydrogen-bond donors (Lipinski definition) is 0. The summed E-state index contributed by atoms with van der Waals surface area (Å²) >= 11 is 0. The van der Waals surface area contributed by atoms with Crippen LogP contribution in [0.1, 0.15) is 67.0 Å². The van der Waals surface area contributed by atoms with Crippen molar-refractivity contribution in [1.29, 1.82) is 0 Å². The fourth-order valence-corrected chi connectivity index (χ4v) is 4.39. The minimum absolute atomic E-state index is 0.197. The number of amides is 1. The molecule has 5 heteroatoms. The van der Waals surface area contributed by atoms with Gasteiger partial charge in [0.15, 0.2) is 0 Å². The predicted octanol–water partition coefficient (Wildman–Crippen LogP) is 4.05. The summed E-state index contributed by atoms with van der Waals surface area (Å²) in [6.07, 6.45) is 2.78. The second-order valence-corrected chi connectivity index (χ2v) is 7.80. The number of esters is 1. The largest absolute Gasteiger partial charge is 0.466 e. The number of carbonyl (C=O) groups excluding carboxylic acids is 2. The highest BCUT2D eigenvalue weighted by Gasteiger charge is 2.30. The second kappa shape index (κ2) is 10.8. The molecule has 0 aliphatic carbocycles. The highest BCUT2D eigenvalue weighted by atomic mass is 16.5. The van der Waals surface area contributed by atoms with Gasteiger partial charge in [-0.25, -0.2) is 0 Å². The van der Waals surface area contributed by atoms with E-state index in [1.165, 1.54) is 11.1 Å². The highest BCUT2D eigenvalue weighted by Crippen LogP contribution is 2.33. The first-order valence-corrected chi connectivity index (χ1v) is 11.0. The van der Waals surface area contributed by atoms with Crippen LogP contribution in [-0.2, 0) is 38.4 Å². The van der Waals surface area contributed by atoms with Gasteiger partial charge in [-0.2, -0.15) is 0 Å². The average Bonchev–Trinajstić information content (AvgIpc) is 2.73. The minimum Gasteiger partial charge on any atom is -0.466 e. The van der Waals surface area contributed by atoms with Crippen LogP contribution >= 0.6 is 0 Å². The lowest BCUT2D eigenvalue weighted by atomic mass is 9.83. The van der Waals surface area contributed by atoms with Gasteiger partial charge in [0.05, 0.1) is 19.4 Å². The van der Waals surface area contributed by atoms with E-state index in [0.29, 0.717) is 25.5 Å². The maximum absolute atomic E-state index is 12.8. The van der Waals surface area contributed by atoms with Crippen molar-refractivity contribution >= 4 is 11.9 Å². The van der Waals surface area contributed by atoms with Gasteiger partial charge in [-0.05, 0) is 79.8 Å². The number of ether oxygens (including phenoxy) is 2. The van der Waals surface area contributed by atoms with Gasteiger partial charge in [-0.3, -0.25) is 9.59 Å². The summed E-state index contributed by atoms with van der Waals surface area (Å²) in [4.78, 5) is 26.9. The molecule has 0 bridgehead atoms. The van der Waals surface area contributed by atoms with Crippen LogP contribution < -0.4 is 0 Å². The zero-order valence-corrected chi connectivity index (χ0v) is 19.0. The lowest BCUT2D eigenvalue weighted by molar-refractivity contribution is -0.142. The Kier molecular flexibility index (Phi) is 8.69. The first-order chi connectivity index (χ1) is 13.9. The van der Waals surface area contributed by atoms with Crippen LogP contribution in [0, 0.1) is 26.7 Å². The molecule has 5 nitrogen and oxygen atoms in total. The van der Waals surface area contributed by atoms with Crippen molar-refractivity contribution in [3.63, 3.8) is 0 Å². The Balaban J connectivity index is 0.00000145. The number of nitrogens with zero attached hydrogens (tertiary/aromatic N) is 1. The quantitative estimate of drug-likeness (QED) is 0.696. The van der Waals surface area contributed by atoms with Crippen molar-refractivity contribution < 1.29 is 19.1 Å². The summed E-state index contributed by atoms with van der Waals surface area (Å²) < 4.78 is 10.6. The molecule has 162 valence electrons. The molecule has 1 fully saturated rings. The molecule has 0 unspecified atom stereocenters. The van der Waals surface area contributed by atoms with Gasteiger partial charge in [0.2, 0.25) is 5.91 Å². The van der Waals surface area contributed by atoms with Crippen molar-refractivity contribution in [1.82, 2.24) is 4.90 Å². The Bertz CT molecular complexity index is 735. The van der Waals surface area contributed by atoms with Crippen LogP contribution in [0.15, 0.2) is 0 Å². The van der Waals surface area contributed by atoms with Gasteiger partial charge >= 0.3 is 5.97 Å². The van der Waals surface area contributed by atoms with Crippen molar-refractivity contribution in [3.05, 3.63) is 33.4 Å². The van der Waals surface area contributed by atoms with Gasteiger partial charge in [0.25, 0.3) is 0 Å². The van der Waals surface area contributed by atoms with E-state index in [4.69, 9.17) is 9.47 Å². The number of rotatable bonds is 5. The molecule has 2 aliphatic heterocycles. The summed E-state index contributed by atoms with van der Waals surface area (Å²) in [5, 5.41) is 0. The van der Waals surface area contributed by atoms with Gasteiger partial charge in [0, 0.05) is 26.3 Å². The molecule has 3 rings (SSSR count). The van der Waals surface area contributed by atoms with E-state index in [-0.39, 0.29) is 18.3 Å². The monoisotopic (exact) mass is 403 g/mol. The lowest BCUT2D eigenvalue weighted by Gasteiger charge is -2.35. The molecule has 29 heavy (non-hydrogen) atoms. The van der Waals surface area contributed by atoms with Crippen molar-refractivity contribution in [2.45, 2.75) is 73.8 Å². The molecule has 0 N–H and O–H groups in total. The normalized spacial score (nSPS) is 16.8. The zero-order valence-electron chi connectivity index (χ0n) is 19.0. The number of benzene rings is 1. The zero-order chi connectivity index (χ0) is 21.6. The SMILES string of the molecule is CC.CCOC(=O)Cc1c(C)c(C)c2c(c1C)CC(=O)N(CC1CCOCC1)C2. The Morgan fingerprint density at radius 3 is 2.34 bits per heavy atom. The molecule has 1 aromatic rings. The van der Waals surface area contributed by atoms with Crippen LogP contribution in [-0.4, -0.2) is 43.1 Å². The lowest BCUT2D eigenvalue weighted by Crippen LogP contribution is -2.41. The van der Waals surface area contributed by atoms with E-state index in [2.05, 4.69) is 13.8 Å². The predicted molar refractivity (Wildman–Crippen MR) is 115 cm³/mol. The first-order valence-electron chi connectivity index (χ1n) is 11.0. The fourth-order valence-electron chi connectivity index (χ4n) is 4.39. The maximum Gasteiger partial charge on any atom is 0.310 e. The summed E-state index contributed by atoms with van der Waals surface area (Å²) in [5.41, 5.74) is 6.85. The maximum atomic E-state index is 12.8. The van der Waals surface area contributed by atoms with Gasteiger partial charge < -0.3 is 14.4 Å². The van der Waals surface area contributed by atoms with Gasteiger partial charge in [-0.15, -0.1) is 0 Å². The number of carbonyl (C=O) groups is 2. The Labute approximate surface area is 175 Å². The molecule has 1 aromatic carbocycles. The van der Waals surface area contributed by atoms with Crippen LogP contribution in [0.4, 0.5) is 0 Å². The Morgan fingerprint density at radius 1 is 1.07 bits per heavy atom. The van der Waals surface area contributed by atoms with Crippen LogP contribution in [0.2, 0.25) is 0 Å². The molecule has 2 aliphatic rings. The summed E-state index contributed by atoms with van der Waals surface area (Å²) in [6.45, 7) is 15.6. The molecule has 2 heterocycles. The van der Waals surface area contributed by atoms with Crippen LogP contribution in [0.3, 0.4) is 0 Å². The molecule has 1 amide bonds. The smallest absolute Gasteiger partial charge is 0.310 e. The van der Waals surface area contributed by atoms with Crippen LogP contribution in [0.5, 0.6) is 0 Å². The van der Waals surface area contributed by atoms with E-state index in [1.54, 1.807) is 0 Å².